The highest BCUT2D eigenvalue weighted by atomic mass is 16.5. The second-order valence-electron chi connectivity index (χ2n) is 7.66. The van der Waals surface area contributed by atoms with Crippen LogP contribution in [0.25, 0.3) is 6.08 Å². The van der Waals surface area contributed by atoms with E-state index < -0.39 is 0 Å². The van der Waals surface area contributed by atoms with E-state index in [1.807, 2.05) is 49.2 Å². The van der Waals surface area contributed by atoms with Gasteiger partial charge in [0.25, 0.3) is 0 Å². The number of nitrogens with zero attached hydrogens (tertiary/aromatic N) is 1. The molecule has 1 heterocycles. The van der Waals surface area contributed by atoms with Crippen LogP contribution in [0.3, 0.4) is 0 Å². The first-order valence-electron chi connectivity index (χ1n) is 10.1. The van der Waals surface area contributed by atoms with Gasteiger partial charge in [-0.2, -0.15) is 0 Å². The molecule has 2 aromatic carbocycles. The number of aliphatic hydroxyl groups excluding tert-OH is 1. The number of phenols is 1. The average Bonchev–Trinajstić information content (AvgIpc) is 3.06. The number of methoxy groups -OCH3 is 2. The van der Waals surface area contributed by atoms with Crippen LogP contribution in [0.4, 0.5) is 0 Å². The highest BCUT2D eigenvalue weighted by Crippen LogP contribution is 2.51. The van der Waals surface area contributed by atoms with E-state index in [0.717, 1.165) is 28.0 Å². The second kappa shape index (κ2) is 9.41. The van der Waals surface area contributed by atoms with Gasteiger partial charge in [0.05, 0.1) is 20.8 Å². The number of hydrogen-bond donors (Lipinski definition) is 2. The Morgan fingerprint density at radius 2 is 1.87 bits per heavy atom. The topological polar surface area (TPSA) is 71.4 Å². The molecule has 6 heteroatoms. The summed E-state index contributed by atoms with van der Waals surface area (Å²) in [5, 5.41) is 19.8. The van der Waals surface area contributed by atoms with Gasteiger partial charge in [-0.3, -0.25) is 4.90 Å². The largest absolute Gasteiger partial charge is 0.504 e. The number of phenolic OH excluding ortho intramolecular Hbond substituents is 1. The van der Waals surface area contributed by atoms with E-state index >= 15 is 0 Å². The number of aliphatic hydroxyl groups is 1. The molecule has 0 radical (unpaired) electrons. The molecule has 2 aromatic rings. The van der Waals surface area contributed by atoms with Crippen molar-refractivity contribution in [3.63, 3.8) is 0 Å². The van der Waals surface area contributed by atoms with Crippen molar-refractivity contribution in [1.29, 1.82) is 0 Å². The Morgan fingerprint density at radius 3 is 2.50 bits per heavy atom. The number of hydrogen-bond acceptors (Lipinski definition) is 6. The minimum atomic E-state index is -0.230. The summed E-state index contributed by atoms with van der Waals surface area (Å²) >= 11 is 0. The summed E-state index contributed by atoms with van der Waals surface area (Å²) in [6, 6.07) is 7.89. The Kier molecular flexibility index (Phi) is 6.90. The molecule has 0 saturated carbocycles. The maximum absolute atomic E-state index is 10.6. The van der Waals surface area contributed by atoms with E-state index in [1.54, 1.807) is 14.2 Å². The molecule has 3 rings (SSSR count). The van der Waals surface area contributed by atoms with Crippen molar-refractivity contribution in [2.24, 2.45) is 0 Å². The van der Waals surface area contributed by atoms with E-state index in [2.05, 4.69) is 13.0 Å². The van der Waals surface area contributed by atoms with Crippen LogP contribution in [-0.4, -0.2) is 49.5 Å². The smallest absolute Gasteiger partial charge is 0.165 e. The predicted molar refractivity (Wildman–Crippen MR) is 118 cm³/mol. The number of allylic oxidation sites excluding steroid dienone is 1. The number of rotatable bonds is 8. The lowest BCUT2D eigenvalue weighted by Crippen LogP contribution is -2.22. The van der Waals surface area contributed by atoms with E-state index in [-0.39, 0.29) is 24.4 Å². The molecule has 1 aliphatic heterocycles. The number of aromatic hydroxyl groups is 1. The fraction of sp³-hybridized carbons (Fsp3) is 0.417. The van der Waals surface area contributed by atoms with Crippen molar-refractivity contribution in [3.8, 4) is 23.0 Å². The first-order chi connectivity index (χ1) is 14.4. The highest BCUT2D eigenvalue weighted by Gasteiger charge is 2.35. The van der Waals surface area contributed by atoms with Crippen molar-refractivity contribution in [3.05, 3.63) is 52.6 Å². The monoisotopic (exact) mass is 413 g/mol. The Labute approximate surface area is 178 Å². The fourth-order valence-electron chi connectivity index (χ4n) is 3.97. The van der Waals surface area contributed by atoms with Gasteiger partial charge in [0.15, 0.2) is 23.0 Å². The molecule has 162 valence electrons. The molecule has 1 aliphatic rings. The van der Waals surface area contributed by atoms with Gasteiger partial charge in [-0.15, -0.1) is 0 Å². The van der Waals surface area contributed by atoms with Crippen LogP contribution in [0.1, 0.15) is 48.1 Å². The maximum Gasteiger partial charge on any atom is 0.165 e. The van der Waals surface area contributed by atoms with Gasteiger partial charge in [-0.1, -0.05) is 19.1 Å². The molecule has 0 amide bonds. The van der Waals surface area contributed by atoms with Gasteiger partial charge in [0.1, 0.15) is 6.10 Å². The molecular weight excluding hydrogens is 382 g/mol. The van der Waals surface area contributed by atoms with Gasteiger partial charge in [0.2, 0.25) is 0 Å². The normalized spacial score (nSPS) is 18.0. The molecule has 0 saturated heterocycles. The van der Waals surface area contributed by atoms with E-state index in [1.165, 1.54) is 0 Å². The SMILES string of the molecule is CC=Cc1cc(OC)c2c(c1)[C@@H](C)[C@H](c1cc(CN(C)CCO)c(O)c(OC)c1)O2. The third-order valence-electron chi connectivity index (χ3n) is 5.52. The first kappa shape index (κ1) is 22.0. The van der Waals surface area contributed by atoms with Crippen LogP contribution in [0.5, 0.6) is 23.0 Å². The summed E-state index contributed by atoms with van der Waals surface area (Å²) in [6.07, 6.45) is 3.81. The Morgan fingerprint density at radius 1 is 1.13 bits per heavy atom. The van der Waals surface area contributed by atoms with E-state index in [4.69, 9.17) is 14.2 Å². The third-order valence-corrected chi connectivity index (χ3v) is 5.52. The lowest BCUT2D eigenvalue weighted by Gasteiger charge is -2.21. The Balaban J connectivity index is 2.01. The molecule has 2 N–H and O–H groups in total. The van der Waals surface area contributed by atoms with Crippen molar-refractivity contribution in [2.45, 2.75) is 32.4 Å². The molecule has 0 aromatic heterocycles. The molecule has 6 nitrogen and oxygen atoms in total. The molecule has 0 fully saturated rings. The molecule has 2 atom stereocenters. The molecular formula is C24H31NO5. The minimum Gasteiger partial charge on any atom is -0.504 e. The van der Waals surface area contributed by atoms with Gasteiger partial charge >= 0.3 is 0 Å². The summed E-state index contributed by atoms with van der Waals surface area (Å²) < 4.78 is 17.4. The maximum atomic E-state index is 10.6. The van der Waals surface area contributed by atoms with Crippen LogP contribution in [0.15, 0.2) is 30.3 Å². The van der Waals surface area contributed by atoms with Gasteiger partial charge < -0.3 is 24.4 Å². The summed E-state index contributed by atoms with van der Waals surface area (Å²) in [5.74, 6) is 2.09. The van der Waals surface area contributed by atoms with Crippen LogP contribution in [0, 0.1) is 0 Å². The zero-order chi connectivity index (χ0) is 21.8. The van der Waals surface area contributed by atoms with Crippen LogP contribution < -0.4 is 14.2 Å². The minimum absolute atomic E-state index is 0.0561. The average molecular weight is 414 g/mol. The Bertz CT molecular complexity index is 924. The summed E-state index contributed by atoms with van der Waals surface area (Å²) in [5.41, 5.74) is 3.82. The highest BCUT2D eigenvalue weighted by molar-refractivity contribution is 5.62. The lowest BCUT2D eigenvalue weighted by molar-refractivity contribution is 0.205. The lowest BCUT2D eigenvalue weighted by atomic mass is 9.90. The predicted octanol–water partition coefficient (Wildman–Crippen LogP) is 4.10. The summed E-state index contributed by atoms with van der Waals surface area (Å²) in [6.45, 7) is 5.17. The van der Waals surface area contributed by atoms with Crippen LogP contribution in [-0.2, 0) is 6.54 Å². The Hall–Kier alpha value is -2.70. The van der Waals surface area contributed by atoms with Gasteiger partial charge in [-0.25, -0.2) is 0 Å². The quantitative estimate of drug-likeness (QED) is 0.679. The van der Waals surface area contributed by atoms with Crippen molar-refractivity contribution in [1.82, 2.24) is 4.90 Å². The van der Waals surface area contributed by atoms with Crippen LogP contribution >= 0.6 is 0 Å². The van der Waals surface area contributed by atoms with E-state index in [0.29, 0.717) is 24.6 Å². The molecule has 0 bridgehead atoms. The molecule has 0 unspecified atom stereocenters. The summed E-state index contributed by atoms with van der Waals surface area (Å²) in [7, 11) is 5.09. The second-order valence-corrected chi connectivity index (χ2v) is 7.66. The van der Waals surface area contributed by atoms with Crippen LogP contribution in [0.2, 0.25) is 0 Å². The standard InChI is InChI=1S/C24H31NO5/c1-6-7-16-10-19-15(2)23(30-24(19)21(11-16)29-5)17-12-18(14-25(3)8-9-26)22(27)20(13-17)28-4/h6-7,10-13,15,23,26-27H,8-9,14H2,1-5H3/t15-,23-/m1/s1. The molecule has 30 heavy (non-hydrogen) atoms. The molecule has 0 spiro atoms. The van der Waals surface area contributed by atoms with Crippen molar-refractivity contribution < 1.29 is 24.4 Å². The fourth-order valence-corrected chi connectivity index (χ4v) is 3.97. The number of fused-ring (bicyclic) bond motifs is 1. The number of benzene rings is 2. The zero-order valence-corrected chi connectivity index (χ0v) is 18.3. The van der Waals surface area contributed by atoms with E-state index in [9.17, 15) is 10.2 Å². The summed E-state index contributed by atoms with van der Waals surface area (Å²) in [4.78, 5) is 1.94. The van der Waals surface area contributed by atoms with Gasteiger partial charge in [-0.05, 0) is 49.4 Å². The third kappa shape index (κ3) is 4.25. The molecule has 0 aliphatic carbocycles. The zero-order valence-electron chi connectivity index (χ0n) is 18.3. The first-order valence-corrected chi connectivity index (χ1v) is 10.1. The van der Waals surface area contributed by atoms with Crippen molar-refractivity contribution >= 4 is 6.08 Å². The van der Waals surface area contributed by atoms with Crippen molar-refractivity contribution in [2.75, 3.05) is 34.4 Å². The van der Waals surface area contributed by atoms with Gasteiger partial charge in [0, 0.05) is 30.1 Å². The number of likely N-dealkylation sites (N-methyl/N-ethyl adjacent to an activating group) is 1. The number of ether oxygens (including phenoxy) is 3.